The topological polar surface area (TPSA) is 101 Å². The van der Waals surface area contributed by atoms with Gasteiger partial charge in [0.1, 0.15) is 0 Å². The average Bonchev–Trinajstić information content (AvgIpc) is 2.27. The van der Waals surface area contributed by atoms with Crippen molar-refractivity contribution in [3.8, 4) is 0 Å². The monoisotopic (exact) mass is 264 g/mol. The van der Waals surface area contributed by atoms with Crippen LogP contribution in [0.5, 0.6) is 0 Å². The highest BCUT2D eigenvalue weighted by Gasteiger charge is 2.12. The molecule has 0 fully saturated rings. The van der Waals surface area contributed by atoms with Gasteiger partial charge in [0.05, 0.1) is 17.9 Å². The average molecular weight is 264 g/mol. The van der Waals surface area contributed by atoms with Crippen molar-refractivity contribution in [2.75, 3.05) is 24.2 Å². The Kier molecular flexibility index (Phi) is 4.74. The van der Waals surface area contributed by atoms with E-state index in [4.69, 9.17) is 11.5 Å². The molecule has 0 spiro atoms. The molecule has 0 saturated heterocycles. The zero-order valence-electron chi connectivity index (χ0n) is 11.4. The molecule has 0 bridgehead atoms. The Bertz CT molecular complexity index is 486. The van der Waals surface area contributed by atoms with Crippen molar-refractivity contribution in [1.82, 2.24) is 5.32 Å². The molecule has 0 saturated carbocycles. The maximum Gasteiger partial charge on any atom is 0.248 e. The van der Waals surface area contributed by atoms with Crippen molar-refractivity contribution in [2.45, 2.75) is 19.9 Å². The van der Waals surface area contributed by atoms with Crippen LogP contribution in [0.15, 0.2) is 18.2 Å². The Morgan fingerprint density at radius 1 is 1.37 bits per heavy atom. The van der Waals surface area contributed by atoms with Crippen molar-refractivity contribution in [3.63, 3.8) is 0 Å². The molecular weight excluding hydrogens is 244 g/mol. The molecule has 0 atom stereocenters. The number of nitrogens with two attached hydrogens (primary N) is 2. The second-order valence-electron chi connectivity index (χ2n) is 4.72. The molecule has 0 aliphatic rings. The van der Waals surface area contributed by atoms with E-state index in [1.54, 1.807) is 30.1 Å². The van der Waals surface area contributed by atoms with E-state index in [1.807, 2.05) is 13.8 Å². The molecule has 0 heterocycles. The number of anilines is 2. The number of amides is 2. The molecule has 1 rings (SSSR count). The van der Waals surface area contributed by atoms with Crippen LogP contribution in [0.25, 0.3) is 0 Å². The van der Waals surface area contributed by atoms with Crippen molar-refractivity contribution in [1.29, 1.82) is 0 Å². The first-order chi connectivity index (χ1) is 8.81. The molecule has 0 unspecified atom stereocenters. The van der Waals surface area contributed by atoms with Gasteiger partial charge in [-0.1, -0.05) is 0 Å². The molecule has 6 heteroatoms. The standard InChI is InChI=1S/C13H20N4O2/c1-8(2)16-12(18)7-17(3)11-6-9(13(15)19)4-5-10(11)14/h4-6,8H,7,14H2,1-3H3,(H2,15,19)(H,16,18). The van der Waals surface area contributed by atoms with Crippen molar-refractivity contribution in [2.24, 2.45) is 5.73 Å². The van der Waals surface area contributed by atoms with E-state index in [-0.39, 0.29) is 18.5 Å². The molecule has 0 radical (unpaired) electrons. The fourth-order valence-corrected chi connectivity index (χ4v) is 1.70. The first-order valence-corrected chi connectivity index (χ1v) is 6.01. The van der Waals surface area contributed by atoms with E-state index in [0.717, 1.165) is 0 Å². The summed E-state index contributed by atoms with van der Waals surface area (Å²) in [6.07, 6.45) is 0. The predicted octanol–water partition coefficient (Wildman–Crippen LogP) is 0.329. The second-order valence-corrected chi connectivity index (χ2v) is 4.72. The highest BCUT2D eigenvalue weighted by molar-refractivity contribution is 5.95. The number of primary amides is 1. The Morgan fingerprint density at radius 3 is 2.53 bits per heavy atom. The lowest BCUT2D eigenvalue weighted by molar-refractivity contribution is -0.120. The largest absolute Gasteiger partial charge is 0.397 e. The van der Waals surface area contributed by atoms with Crippen LogP contribution in [0, 0.1) is 0 Å². The molecule has 1 aromatic rings. The molecular formula is C13H20N4O2. The summed E-state index contributed by atoms with van der Waals surface area (Å²) in [6, 6.07) is 4.82. The number of rotatable bonds is 5. The van der Waals surface area contributed by atoms with E-state index < -0.39 is 5.91 Å². The Balaban J connectivity index is 2.86. The van der Waals surface area contributed by atoms with Crippen molar-refractivity contribution >= 4 is 23.2 Å². The van der Waals surface area contributed by atoms with E-state index in [2.05, 4.69) is 5.32 Å². The summed E-state index contributed by atoms with van der Waals surface area (Å²) in [5.41, 5.74) is 12.5. The molecule has 5 N–H and O–H groups in total. The first-order valence-electron chi connectivity index (χ1n) is 6.01. The normalized spacial score (nSPS) is 10.3. The second kappa shape index (κ2) is 6.08. The van der Waals surface area contributed by atoms with Crippen LogP contribution in [-0.4, -0.2) is 31.4 Å². The predicted molar refractivity (Wildman–Crippen MR) is 75.9 cm³/mol. The van der Waals surface area contributed by atoms with Crippen LogP contribution in [-0.2, 0) is 4.79 Å². The zero-order valence-corrected chi connectivity index (χ0v) is 11.4. The van der Waals surface area contributed by atoms with Gasteiger partial charge in [0, 0.05) is 18.7 Å². The number of likely N-dealkylation sites (N-methyl/N-ethyl adjacent to an activating group) is 1. The smallest absolute Gasteiger partial charge is 0.248 e. The summed E-state index contributed by atoms with van der Waals surface area (Å²) in [5.74, 6) is -0.636. The number of hydrogen-bond acceptors (Lipinski definition) is 4. The fourth-order valence-electron chi connectivity index (χ4n) is 1.70. The number of nitrogens with zero attached hydrogens (tertiary/aromatic N) is 1. The first kappa shape index (κ1) is 14.8. The van der Waals surface area contributed by atoms with E-state index >= 15 is 0 Å². The third-order valence-electron chi connectivity index (χ3n) is 2.56. The minimum Gasteiger partial charge on any atom is -0.397 e. The molecule has 0 aliphatic heterocycles. The van der Waals surface area contributed by atoms with Crippen LogP contribution in [0.1, 0.15) is 24.2 Å². The summed E-state index contributed by atoms with van der Waals surface area (Å²) in [5, 5.41) is 2.79. The molecule has 0 aliphatic carbocycles. The number of nitrogen functional groups attached to an aromatic ring is 1. The van der Waals surface area contributed by atoms with E-state index in [1.165, 1.54) is 0 Å². The van der Waals surface area contributed by atoms with Gasteiger partial charge < -0.3 is 21.7 Å². The van der Waals surface area contributed by atoms with Crippen molar-refractivity contribution in [3.05, 3.63) is 23.8 Å². The van der Waals surface area contributed by atoms with E-state index in [0.29, 0.717) is 16.9 Å². The minimum absolute atomic E-state index is 0.0789. The van der Waals surface area contributed by atoms with Crippen LogP contribution < -0.4 is 21.7 Å². The third kappa shape index (κ3) is 4.17. The van der Waals surface area contributed by atoms with Gasteiger partial charge in [-0.3, -0.25) is 9.59 Å². The molecule has 0 aromatic heterocycles. The van der Waals surface area contributed by atoms with Gasteiger partial charge in [0.25, 0.3) is 0 Å². The van der Waals surface area contributed by atoms with Gasteiger partial charge in [0.15, 0.2) is 0 Å². The number of nitrogens with one attached hydrogen (secondary N) is 1. The molecule has 2 amide bonds. The molecule has 104 valence electrons. The summed E-state index contributed by atoms with van der Waals surface area (Å²) < 4.78 is 0. The molecule has 6 nitrogen and oxygen atoms in total. The Hall–Kier alpha value is -2.24. The lowest BCUT2D eigenvalue weighted by atomic mass is 10.1. The van der Waals surface area contributed by atoms with Gasteiger partial charge in [-0.2, -0.15) is 0 Å². The van der Waals surface area contributed by atoms with Gasteiger partial charge in [0.2, 0.25) is 11.8 Å². The van der Waals surface area contributed by atoms with Crippen molar-refractivity contribution < 1.29 is 9.59 Å². The van der Waals surface area contributed by atoms with Crippen LogP contribution in [0.4, 0.5) is 11.4 Å². The molecule has 19 heavy (non-hydrogen) atoms. The van der Waals surface area contributed by atoms with E-state index in [9.17, 15) is 9.59 Å². The minimum atomic E-state index is -0.527. The number of hydrogen-bond donors (Lipinski definition) is 3. The lowest BCUT2D eigenvalue weighted by Crippen LogP contribution is -2.38. The summed E-state index contributed by atoms with van der Waals surface area (Å²) in [7, 11) is 1.73. The van der Waals surface area contributed by atoms with Crippen LogP contribution in [0.2, 0.25) is 0 Å². The SMILES string of the molecule is CC(C)NC(=O)CN(C)c1cc(C(N)=O)ccc1N. The Labute approximate surface area is 112 Å². The van der Waals surface area contributed by atoms with Gasteiger partial charge in [-0.15, -0.1) is 0 Å². The van der Waals surface area contributed by atoms with Crippen LogP contribution in [0.3, 0.4) is 0 Å². The highest BCUT2D eigenvalue weighted by atomic mass is 16.2. The fraction of sp³-hybridized carbons (Fsp3) is 0.385. The number of carbonyl (C=O) groups excluding carboxylic acids is 2. The van der Waals surface area contributed by atoms with Gasteiger partial charge in [-0.25, -0.2) is 0 Å². The Morgan fingerprint density at radius 2 is 2.00 bits per heavy atom. The van der Waals surface area contributed by atoms with Gasteiger partial charge in [-0.05, 0) is 32.0 Å². The maximum absolute atomic E-state index is 11.7. The summed E-state index contributed by atoms with van der Waals surface area (Å²) in [6.45, 7) is 3.94. The zero-order chi connectivity index (χ0) is 14.6. The lowest BCUT2D eigenvalue weighted by Gasteiger charge is -2.21. The summed E-state index contributed by atoms with van der Waals surface area (Å²) in [4.78, 5) is 24.5. The molecule has 1 aromatic carbocycles. The highest BCUT2D eigenvalue weighted by Crippen LogP contribution is 2.23. The number of carbonyl (C=O) groups is 2. The quantitative estimate of drug-likeness (QED) is 0.667. The summed E-state index contributed by atoms with van der Waals surface area (Å²) >= 11 is 0. The third-order valence-corrected chi connectivity index (χ3v) is 2.56. The maximum atomic E-state index is 11.7. The van der Waals surface area contributed by atoms with Gasteiger partial charge >= 0.3 is 0 Å². The van der Waals surface area contributed by atoms with Crippen LogP contribution >= 0.6 is 0 Å². The number of benzene rings is 1.